The maximum atomic E-state index is 13.2. The summed E-state index contributed by atoms with van der Waals surface area (Å²) >= 11 is 0. The second-order valence-corrected chi connectivity index (χ2v) is 5.15. The predicted octanol–water partition coefficient (Wildman–Crippen LogP) is 2.75. The van der Waals surface area contributed by atoms with Gasteiger partial charge >= 0.3 is 0 Å². The summed E-state index contributed by atoms with van der Waals surface area (Å²) < 4.78 is 13.2. The van der Waals surface area contributed by atoms with Crippen LogP contribution in [-0.4, -0.2) is 18.1 Å². The van der Waals surface area contributed by atoms with Gasteiger partial charge in [0.1, 0.15) is 11.6 Å². The number of hydrogen-bond acceptors (Lipinski definition) is 3. The number of nitrogens with two attached hydrogens (primary N) is 1. The average Bonchev–Trinajstić information content (AvgIpc) is 2.38. The lowest BCUT2D eigenvalue weighted by Gasteiger charge is -2.22. The van der Waals surface area contributed by atoms with Crippen molar-refractivity contribution in [2.75, 3.05) is 11.9 Å². The van der Waals surface area contributed by atoms with Crippen LogP contribution in [0.1, 0.15) is 18.1 Å². The Hall–Kier alpha value is -1.94. The number of aromatic nitrogens is 1. The lowest BCUT2D eigenvalue weighted by Crippen LogP contribution is -2.23. The molecule has 0 aliphatic rings. The van der Waals surface area contributed by atoms with Crippen LogP contribution < -0.4 is 10.6 Å². The van der Waals surface area contributed by atoms with Crippen LogP contribution in [0.5, 0.6) is 0 Å². The molecule has 1 atom stereocenters. The van der Waals surface area contributed by atoms with Gasteiger partial charge in [0.2, 0.25) is 0 Å². The average molecular weight is 273 g/mol. The number of rotatable bonds is 5. The Labute approximate surface area is 119 Å². The molecule has 0 aliphatic heterocycles. The topological polar surface area (TPSA) is 42.1 Å². The molecule has 106 valence electrons. The molecule has 0 fully saturated rings. The van der Waals surface area contributed by atoms with E-state index in [0.717, 1.165) is 23.4 Å². The first kappa shape index (κ1) is 14.5. The normalized spacial score (nSPS) is 12.2. The second-order valence-electron chi connectivity index (χ2n) is 5.15. The van der Waals surface area contributed by atoms with Crippen molar-refractivity contribution in [3.05, 3.63) is 59.5 Å². The number of benzene rings is 1. The van der Waals surface area contributed by atoms with Crippen LogP contribution in [0.25, 0.3) is 0 Å². The van der Waals surface area contributed by atoms with Crippen molar-refractivity contribution < 1.29 is 4.39 Å². The van der Waals surface area contributed by atoms with Crippen molar-refractivity contribution in [3.63, 3.8) is 0 Å². The smallest absolute Gasteiger partial charge is 0.131 e. The Balaban J connectivity index is 2.18. The van der Waals surface area contributed by atoms with Gasteiger partial charge in [-0.05, 0) is 42.7 Å². The van der Waals surface area contributed by atoms with Crippen molar-refractivity contribution in [3.8, 4) is 0 Å². The Kier molecular flexibility index (Phi) is 4.69. The molecule has 0 aliphatic carbocycles. The highest BCUT2D eigenvalue weighted by atomic mass is 19.1. The highest BCUT2D eigenvalue weighted by Gasteiger charge is 2.10. The van der Waals surface area contributed by atoms with E-state index in [2.05, 4.69) is 4.98 Å². The van der Waals surface area contributed by atoms with Gasteiger partial charge in [-0.1, -0.05) is 18.2 Å². The summed E-state index contributed by atoms with van der Waals surface area (Å²) in [7, 11) is 1.96. The minimum Gasteiger partial charge on any atom is -0.355 e. The van der Waals surface area contributed by atoms with Gasteiger partial charge in [0, 0.05) is 25.8 Å². The number of nitrogens with zero attached hydrogens (tertiary/aromatic N) is 2. The third kappa shape index (κ3) is 3.78. The Morgan fingerprint density at radius 2 is 2.10 bits per heavy atom. The Morgan fingerprint density at radius 3 is 2.80 bits per heavy atom. The van der Waals surface area contributed by atoms with Gasteiger partial charge in [0.25, 0.3) is 0 Å². The summed E-state index contributed by atoms with van der Waals surface area (Å²) in [5, 5.41) is 0. The number of halogens is 1. The molecule has 4 heteroatoms. The van der Waals surface area contributed by atoms with E-state index in [9.17, 15) is 4.39 Å². The molecule has 1 unspecified atom stereocenters. The van der Waals surface area contributed by atoms with Crippen molar-refractivity contribution in [1.82, 2.24) is 4.98 Å². The van der Waals surface area contributed by atoms with E-state index in [4.69, 9.17) is 5.73 Å². The standard InChI is InChI=1S/C16H20FN3/c1-12(18)9-14-6-4-8-19-16(14)20(2)11-13-5-3-7-15(17)10-13/h3-8,10,12H,9,11,18H2,1-2H3. The van der Waals surface area contributed by atoms with Crippen molar-refractivity contribution in [2.45, 2.75) is 25.9 Å². The molecule has 2 aromatic rings. The minimum absolute atomic E-state index is 0.0838. The largest absolute Gasteiger partial charge is 0.355 e. The lowest BCUT2D eigenvalue weighted by atomic mass is 10.1. The maximum Gasteiger partial charge on any atom is 0.131 e. The van der Waals surface area contributed by atoms with Crippen molar-refractivity contribution >= 4 is 5.82 Å². The van der Waals surface area contributed by atoms with E-state index in [0.29, 0.717) is 6.54 Å². The molecule has 0 saturated carbocycles. The second kappa shape index (κ2) is 6.48. The first-order valence-electron chi connectivity index (χ1n) is 6.71. The molecular formula is C16H20FN3. The number of pyridine rings is 1. The first-order valence-corrected chi connectivity index (χ1v) is 6.71. The Bertz CT molecular complexity index is 569. The summed E-state index contributed by atoms with van der Waals surface area (Å²) in [5.74, 6) is 0.682. The fourth-order valence-corrected chi connectivity index (χ4v) is 2.26. The molecule has 0 amide bonds. The fourth-order valence-electron chi connectivity index (χ4n) is 2.26. The van der Waals surface area contributed by atoms with E-state index >= 15 is 0 Å². The van der Waals surface area contributed by atoms with Gasteiger partial charge in [-0.2, -0.15) is 0 Å². The van der Waals surface area contributed by atoms with Gasteiger partial charge in [0.05, 0.1) is 0 Å². The quantitative estimate of drug-likeness (QED) is 0.911. The van der Waals surface area contributed by atoms with Gasteiger partial charge in [-0.25, -0.2) is 9.37 Å². The van der Waals surface area contributed by atoms with Gasteiger partial charge in [-0.3, -0.25) is 0 Å². The van der Waals surface area contributed by atoms with Crippen LogP contribution in [0.4, 0.5) is 10.2 Å². The highest BCUT2D eigenvalue weighted by Crippen LogP contribution is 2.19. The third-order valence-corrected chi connectivity index (χ3v) is 3.08. The van der Waals surface area contributed by atoms with Crippen molar-refractivity contribution in [2.24, 2.45) is 5.73 Å². The third-order valence-electron chi connectivity index (χ3n) is 3.08. The molecule has 0 radical (unpaired) electrons. The zero-order valence-corrected chi connectivity index (χ0v) is 11.9. The molecule has 2 N–H and O–H groups in total. The molecule has 1 aromatic carbocycles. The number of hydrogen-bond donors (Lipinski definition) is 1. The minimum atomic E-state index is -0.215. The van der Waals surface area contributed by atoms with Gasteiger partial charge < -0.3 is 10.6 Å². The zero-order valence-electron chi connectivity index (χ0n) is 11.9. The van der Waals surface area contributed by atoms with E-state index in [-0.39, 0.29) is 11.9 Å². The summed E-state index contributed by atoms with van der Waals surface area (Å²) in [6, 6.07) is 10.7. The molecule has 0 bridgehead atoms. The highest BCUT2D eigenvalue weighted by molar-refractivity contribution is 5.47. The summed E-state index contributed by atoms with van der Waals surface area (Å²) in [6.45, 7) is 2.59. The molecule has 2 rings (SSSR count). The molecular weight excluding hydrogens is 253 g/mol. The summed E-state index contributed by atoms with van der Waals surface area (Å²) in [6.07, 6.45) is 2.54. The SMILES string of the molecule is CC(N)Cc1cccnc1N(C)Cc1cccc(F)c1. The lowest BCUT2D eigenvalue weighted by molar-refractivity contribution is 0.625. The predicted molar refractivity (Wildman–Crippen MR) is 80.1 cm³/mol. The van der Waals surface area contributed by atoms with E-state index < -0.39 is 0 Å². The molecule has 3 nitrogen and oxygen atoms in total. The van der Waals surface area contributed by atoms with Gasteiger partial charge in [-0.15, -0.1) is 0 Å². The first-order chi connectivity index (χ1) is 9.56. The van der Waals surface area contributed by atoms with Gasteiger partial charge in [0.15, 0.2) is 0 Å². The molecule has 20 heavy (non-hydrogen) atoms. The molecule has 0 saturated heterocycles. The molecule has 0 spiro atoms. The van der Waals surface area contributed by atoms with Crippen LogP contribution in [0.3, 0.4) is 0 Å². The van der Waals surface area contributed by atoms with Crippen LogP contribution in [0.15, 0.2) is 42.6 Å². The van der Waals surface area contributed by atoms with Crippen LogP contribution in [0, 0.1) is 5.82 Å². The monoisotopic (exact) mass is 273 g/mol. The van der Waals surface area contributed by atoms with Crippen LogP contribution in [-0.2, 0) is 13.0 Å². The summed E-state index contributed by atoms with van der Waals surface area (Å²) in [4.78, 5) is 6.45. The molecule has 1 heterocycles. The van der Waals surface area contributed by atoms with Crippen LogP contribution in [0.2, 0.25) is 0 Å². The molecule has 1 aromatic heterocycles. The van der Waals surface area contributed by atoms with Crippen LogP contribution >= 0.6 is 0 Å². The summed E-state index contributed by atoms with van der Waals surface area (Å²) in [5.41, 5.74) is 7.90. The number of anilines is 1. The zero-order chi connectivity index (χ0) is 14.5. The Morgan fingerprint density at radius 1 is 1.30 bits per heavy atom. The van der Waals surface area contributed by atoms with E-state index in [1.165, 1.54) is 6.07 Å². The van der Waals surface area contributed by atoms with E-state index in [1.807, 2.05) is 37.1 Å². The maximum absolute atomic E-state index is 13.2. The van der Waals surface area contributed by atoms with Crippen molar-refractivity contribution in [1.29, 1.82) is 0 Å². The van der Waals surface area contributed by atoms with E-state index in [1.54, 1.807) is 18.3 Å². The fraction of sp³-hybridized carbons (Fsp3) is 0.312.